The summed E-state index contributed by atoms with van der Waals surface area (Å²) in [5, 5.41) is 19.5. The van der Waals surface area contributed by atoms with Gasteiger partial charge in [-0.15, -0.1) is 0 Å². The number of hydrogen-bond donors (Lipinski definition) is 2. The Morgan fingerprint density at radius 2 is 1.69 bits per heavy atom. The monoisotopic (exact) mass is 186 g/mol. The minimum absolute atomic E-state index is 0.178. The van der Waals surface area contributed by atoms with Gasteiger partial charge < -0.3 is 10.2 Å². The highest BCUT2D eigenvalue weighted by Gasteiger charge is 2.35. The van der Waals surface area contributed by atoms with E-state index in [0.29, 0.717) is 0 Å². The molecule has 0 unspecified atom stereocenters. The molecule has 1 aliphatic rings. The molecule has 0 atom stereocenters. The largest absolute Gasteiger partial charge is 0.393 e. The Kier molecular flexibility index (Phi) is 3.03. The molecule has 2 nitrogen and oxygen atoms in total. The Morgan fingerprint density at radius 1 is 1.23 bits per heavy atom. The van der Waals surface area contributed by atoms with Gasteiger partial charge in [-0.25, -0.2) is 0 Å². The highest BCUT2D eigenvalue weighted by Crippen LogP contribution is 2.37. The highest BCUT2D eigenvalue weighted by atomic mass is 16.3. The van der Waals surface area contributed by atoms with Gasteiger partial charge in [0.15, 0.2) is 0 Å². The van der Waals surface area contributed by atoms with E-state index < -0.39 is 5.60 Å². The van der Waals surface area contributed by atoms with E-state index in [1.165, 1.54) is 0 Å². The zero-order valence-electron chi connectivity index (χ0n) is 9.01. The molecule has 0 spiro atoms. The lowest BCUT2D eigenvalue weighted by atomic mass is 9.73. The molecule has 2 N–H and O–H groups in total. The molecule has 0 amide bonds. The number of rotatable bonds is 1. The predicted molar refractivity (Wildman–Crippen MR) is 53.5 cm³/mol. The summed E-state index contributed by atoms with van der Waals surface area (Å²) in [6.45, 7) is 6.45. The van der Waals surface area contributed by atoms with Crippen molar-refractivity contribution in [1.29, 1.82) is 0 Å². The Bertz CT molecular complexity index is 161. The fourth-order valence-electron chi connectivity index (χ4n) is 2.30. The second-order valence-corrected chi connectivity index (χ2v) is 5.69. The maximum absolute atomic E-state index is 10.2. The SMILES string of the molecule is CC(C)(C)CC1(O)CCC(O)CC1. The molecule has 1 aliphatic carbocycles. The van der Waals surface area contributed by atoms with Crippen LogP contribution in [0.5, 0.6) is 0 Å². The van der Waals surface area contributed by atoms with E-state index in [4.69, 9.17) is 0 Å². The van der Waals surface area contributed by atoms with Crippen molar-refractivity contribution in [3.05, 3.63) is 0 Å². The maximum Gasteiger partial charge on any atom is 0.0654 e. The quantitative estimate of drug-likeness (QED) is 0.658. The maximum atomic E-state index is 10.2. The van der Waals surface area contributed by atoms with Gasteiger partial charge in [0.2, 0.25) is 0 Å². The number of hydrogen-bond acceptors (Lipinski definition) is 2. The van der Waals surface area contributed by atoms with Crippen molar-refractivity contribution in [2.45, 2.75) is 64.6 Å². The van der Waals surface area contributed by atoms with Gasteiger partial charge in [-0.2, -0.15) is 0 Å². The zero-order chi connectivity index (χ0) is 10.1. The summed E-state index contributed by atoms with van der Waals surface area (Å²) in [4.78, 5) is 0. The Morgan fingerprint density at radius 3 is 2.08 bits per heavy atom. The summed E-state index contributed by atoms with van der Waals surface area (Å²) in [6.07, 6.45) is 3.68. The first-order valence-corrected chi connectivity index (χ1v) is 5.21. The van der Waals surface area contributed by atoms with Crippen molar-refractivity contribution in [2.24, 2.45) is 5.41 Å². The van der Waals surface area contributed by atoms with Crippen LogP contribution < -0.4 is 0 Å². The van der Waals surface area contributed by atoms with Gasteiger partial charge in [-0.3, -0.25) is 0 Å². The van der Waals surface area contributed by atoms with E-state index in [1.54, 1.807) is 0 Å². The average molecular weight is 186 g/mol. The van der Waals surface area contributed by atoms with Crippen LogP contribution in [-0.2, 0) is 0 Å². The summed E-state index contributed by atoms with van der Waals surface area (Å²) >= 11 is 0. The minimum atomic E-state index is -0.516. The van der Waals surface area contributed by atoms with Crippen LogP contribution in [0.3, 0.4) is 0 Å². The first-order chi connectivity index (χ1) is 5.81. The van der Waals surface area contributed by atoms with Crippen molar-refractivity contribution in [2.75, 3.05) is 0 Å². The van der Waals surface area contributed by atoms with Crippen molar-refractivity contribution in [3.8, 4) is 0 Å². The summed E-state index contributed by atoms with van der Waals surface area (Å²) in [6, 6.07) is 0. The molecule has 0 radical (unpaired) electrons. The molecule has 1 saturated carbocycles. The van der Waals surface area contributed by atoms with Gasteiger partial charge in [-0.1, -0.05) is 20.8 Å². The van der Waals surface area contributed by atoms with Crippen LogP contribution in [0.4, 0.5) is 0 Å². The van der Waals surface area contributed by atoms with Crippen LogP contribution in [0.25, 0.3) is 0 Å². The lowest BCUT2D eigenvalue weighted by molar-refractivity contribution is -0.0562. The minimum Gasteiger partial charge on any atom is -0.393 e. The lowest BCUT2D eigenvalue weighted by Crippen LogP contribution is -2.38. The molecule has 0 heterocycles. The van der Waals surface area contributed by atoms with E-state index in [1.807, 2.05) is 0 Å². The second-order valence-electron chi connectivity index (χ2n) is 5.69. The van der Waals surface area contributed by atoms with Crippen LogP contribution in [0, 0.1) is 5.41 Å². The average Bonchev–Trinajstić information content (AvgIpc) is 1.92. The van der Waals surface area contributed by atoms with Crippen molar-refractivity contribution in [3.63, 3.8) is 0 Å². The molecular formula is C11H22O2. The second kappa shape index (κ2) is 3.58. The smallest absolute Gasteiger partial charge is 0.0654 e. The van der Waals surface area contributed by atoms with Crippen molar-refractivity contribution in [1.82, 2.24) is 0 Å². The van der Waals surface area contributed by atoms with Crippen LogP contribution in [0.1, 0.15) is 52.9 Å². The fraction of sp³-hybridized carbons (Fsp3) is 1.00. The molecule has 0 saturated heterocycles. The van der Waals surface area contributed by atoms with E-state index in [2.05, 4.69) is 20.8 Å². The van der Waals surface area contributed by atoms with Gasteiger partial charge in [0.25, 0.3) is 0 Å². The molecule has 0 aliphatic heterocycles. The summed E-state index contributed by atoms with van der Waals surface area (Å²) < 4.78 is 0. The number of aliphatic hydroxyl groups excluding tert-OH is 1. The molecule has 0 bridgehead atoms. The summed E-state index contributed by atoms with van der Waals surface area (Å²) in [5.41, 5.74) is -0.339. The molecule has 13 heavy (non-hydrogen) atoms. The van der Waals surface area contributed by atoms with Gasteiger partial charge >= 0.3 is 0 Å². The Hall–Kier alpha value is -0.0800. The third-order valence-electron chi connectivity index (χ3n) is 2.75. The first-order valence-electron chi connectivity index (χ1n) is 5.21. The standard InChI is InChI=1S/C11H22O2/c1-10(2,3)8-11(13)6-4-9(12)5-7-11/h9,12-13H,4-8H2,1-3H3. The Labute approximate surface area is 81.0 Å². The molecule has 0 aromatic heterocycles. The van der Waals surface area contributed by atoms with E-state index in [9.17, 15) is 10.2 Å². The van der Waals surface area contributed by atoms with E-state index in [-0.39, 0.29) is 11.5 Å². The first kappa shape index (κ1) is 11.0. The van der Waals surface area contributed by atoms with Gasteiger partial charge in [0, 0.05) is 0 Å². The predicted octanol–water partition coefficient (Wildman–Crippen LogP) is 2.09. The van der Waals surface area contributed by atoms with Crippen molar-refractivity contribution >= 4 is 0 Å². The van der Waals surface area contributed by atoms with Gasteiger partial charge in [-0.05, 0) is 37.5 Å². The normalized spacial score (nSPS) is 36.2. The lowest BCUT2D eigenvalue weighted by Gasteiger charge is -2.38. The molecule has 1 rings (SSSR count). The highest BCUT2D eigenvalue weighted by molar-refractivity contribution is 4.88. The zero-order valence-corrected chi connectivity index (χ0v) is 9.01. The van der Waals surface area contributed by atoms with Gasteiger partial charge in [0.1, 0.15) is 0 Å². The molecule has 0 aromatic rings. The van der Waals surface area contributed by atoms with E-state index >= 15 is 0 Å². The van der Waals surface area contributed by atoms with Crippen LogP contribution in [0.15, 0.2) is 0 Å². The summed E-state index contributed by atoms with van der Waals surface area (Å²) in [5.74, 6) is 0. The van der Waals surface area contributed by atoms with Crippen LogP contribution in [0.2, 0.25) is 0 Å². The fourth-order valence-corrected chi connectivity index (χ4v) is 2.30. The third kappa shape index (κ3) is 3.65. The van der Waals surface area contributed by atoms with Gasteiger partial charge in [0.05, 0.1) is 11.7 Å². The van der Waals surface area contributed by atoms with E-state index in [0.717, 1.165) is 32.1 Å². The Balaban J connectivity index is 2.48. The molecule has 2 heteroatoms. The topological polar surface area (TPSA) is 40.5 Å². The molecule has 1 fully saturated rings. The summed E-state index contributed by atoms with van der Waals surface area (Å²) in [7, 11) is 0. The number of aliphatic hydroxyl groups is 2. The van der Waals surface area contributed by atoms with Crippen LogP contribution >= 0.6 is 0 Å². The third-order valence-corrected chi connectivity index (χ3v) is 2.75. The molecule has 78 valence electrons. The van der Waals surface area contributed by atoms with Crippen LogP contribution in [-0.4, -0.2) is 21.9 Å². The molecular weight excluding hydrogens is 164 g/mol. The van der Waals surface area contributed by atoms with Crippen molar-refractivity contribution < 1.29 is 10.2 Å². The molecule has 0 aromatic carbocycles.